The van der Waals surface area contributed by atoms with E-state index in [-0.39, 0.29) is 17.9 Å². The van der Waals surface area contributed by atoms with Crippen molar-refractivity contribution in [2.75, 3.05) is 11.9 Å². The summed E-state index contributed by atoms with van der Waals surface area (Å²) in [6.07, 6.45) is 6.42. The minimum absolute atomic E-state index is 0.221. The number of nitrogens with zero attached hydrogens (tertiary/aromatic N) is 5. The molecule has 0 radical (unpaired) electrons. The molecule has 0 bridgehead atoms. The second-order valence-electron chi connectivity index (χ2n) is 6.33. The zero-order chi connectivity index (χ0) is 19.1. The van der Waals surface area contributed by atoms with Crippen molar-refractivity contribution in [1.29, 1.82) is 0 Å². The Morgan fingerprint density at radius 1 is 1.11 bits per heavy atom. The fourth-order valence-corrected chi connectivity index (χ4v) is 3.39. The number of nitrogens with one attached hydrogen (secondary N) is 1. The van der Waals surface area contributed by atoms with Crippen LogP contribution < -0.4 is 10.1 Å². The molecule has 0 spiro atoms. The number of pyridine rings is 1. The first kappa shape index (κ1) is 16.5. The van der Waals surface area contributed by atoms with Crippen molar-refractivity contribution in [3.8, 4) is 16.9 Å². The number of aromatic nitrogens is 5. The Morgan fingerprint density at radius 3 is 2.93 bits per heavy atom. The average Bonchev–Trinajstić information content (AvgIpc) is 3.37. The van der Waals surface area contributed by atoms with E-state index >= 15 is 0 Å². The summed E-state index contributed by atoms with van der Waals surface area (Å²) >= 11 is 0. The summed E-state index contributed by atoms with van der Waals surface area (Å²) in [7, 11) is 0. The summed E-state index contributed by atoms with van der Waals surface area (Å²) in [5.74, 6) is 0.405. The molecule has 0 atom stereocenters. The maximum Gasteiger partial charge on any atom is 0.210 e. The fourth-order valence-electron chi connectivity index (χ4n) is 3.39. The van der Waals surface area contributed by atoms with Gasteiger partial charge in [0.25, 0.3) is 0 Å². The van der Waals surface area contributed by atoms with Crippen molar-refractivity contribution in [1.82, 2.24) is 24.6 Å². The molecule has 9 heteroatoms. The molecule has 5 rings (SSSR count). The van der Waals surface area contributed by atoms with Crippen LogP contribution in [0.2, 0.25) is 0 Å². The van der Waals surface area contributed by atoms with E-state index in [1.165, 1.54) is 37.1 Å². The van der Waals surface area contributed by atoms with Crippen LogP contribution in [0.15, 0.2) is 43.1 Å². The summed E-state index contributed by atoms with van der Waals surface area (Å²) in [6.45, 7) is 0.768. The summed E-state index contributed by atoms with van der Waals surface area (Å²) < 4.78 is 35.6. The molecule has 0 aliphatic carbocycles. The lowest BCUT2D eigenvalue weighted by molar-refractivity contribution is 0.356. The van der Waals surface area contributed by atoms with E-state index in [0.29, 0.717) is 41.5 Å². The van der Waals surface area contributed by atoms with Gasteiger partial charge in [0.2, 0.25) is 5.95 Å². The van der Waals surface area contributed by atoms with E-state index in [2.05, 4.69) is 25.5 Å². The van der Waals surface area contributed by atoms with Crippen molar-refractivity contribution >= 4 is 11.6 Å². The molecule has 1 aliphatic rings. The van der Waals surface area contributed by atoms with Crippen LogP contribution in [-0.4, -0.2) is 31.2 Å². The third-order valence-corrected chi connectivity index (χ3v) is 4.75. The van der Waals surface area contributed by atoms with E-state index in [9.17, 15) is 8.78 Å². The standard InChI is InChI=1S/C19H14F2N6O/c20-15-1-2-17-11(4-6-28-17)13(15)8-23-19-24-9-14(18-26-25-10-27(18)19)12-7-22-5-3-16(12)21/h1-3,5,7,9-10H,4,6,8H2,(H,23,24). The summed E-state index contributed by atoms with van der Waals surface area (Å²) in [5, 5.41) is 11.1. The number of anilines is 1. The van der Waals surface area contributed by atoms with Crippen LogP contribution >= 0.6 is 0 Å². The Labute approximate surface area is 158 Å². The first-order valence-electron chi connectivity index (χ1n) is 8.68. The van der Waals surface area contributed by atoms with Gasteiger partial charge in [-0.05, 0) is 18.2 Å². The molecule has 3 aromatic heterocycles. The smallest absolute Gasteiger partial charge is 0.210 e. The van der Waals surface area contributed by atoms with Gasteiger partial charge in [0, 0.05) is 53.8 Å². The molecule has 0 unspecified atom stereocenters. The van der Waals surface area contributed by atoms with Crippen molar-refractivity contribution < 1.29 is 13.5 Å². The maximum absolute atomic E-state index is 14.3. The van der Waals surface area contributed by atoms with Crippen molar-refractivity contribution in [2.24, 2.45) is 0 Å². The van der Waals surface area contributed by atoms with Gasteiger partial charge in [0.05, 0.1) is 6.61 Å². The molecule has 7 nitrogen and oxygen atoms in total. The third-order valence-electron chi connectivity index (χ3n) is 4.75. The number of ether oxygens (including phenoxy) is 1. The SMILES string of the molecule is Fc1ccncc1-c1cnc(NCc2c(F)ccc3c2CCO3)n2cnnc12. The van der Waals surface area contributed by atoms with Crippen LogP contribution in [0.25, 0.3) is 16.8 Å². The minimum atomic E-state index is -0.427. The van der Waals surface area contributed by atoms with Gasteiger partial charge in [-0.25, -0.2) is 13.8 Å². The zero-order valence-electron chi connectivity index (χ0n) is 14.6. The second-order valence-corrected chi connectivity index (χ2v) is 6.33. The lowest BCUT2D eigenvalue weighted by Crippen LogP contribution is -2.10. The van der Waals surface area contributed by atoms with Gasteiger partial charge in [0.1, 0.15) is 23.7 Å². The minimum Gasteiger partial charge on any atom is -0.493 e. The highest BCUT2D eigenvalue weighted by atomic mass is 19.1. The summed E-state index contributed by atoms with van der Waals surface area (Å²) in [6, 6.07) is 4.32. The molecule has 1 aliphatic heterocycles. The van der Waals surface area contributed by atoms with Gasteiger partial charge in [0.15, 0.2) is 5.65 Å². The van der Waals surface area contributed by atoms with Crippen molar-refractivity contribution in [3.63, 3.8) is 0 Å². The van der Waals surface area contributed by atoms with Crippen molar-refractivity contribution in [2.45, 2.75) is 13.0 Å². The number of hydrogen-bond donors (Lipinski definition) is 1. The number of fused-ring (bicyclic) bond motifs is 2. The van der Waals surface area contributed by atoms with Gasteiger partial charge >= 0.3 is 0 Å². The van der Waals surface area contributed by atoms with E-state index in [4.69, 9.17) is 4.74 Å². The normalized spacial score (nSPS) is 12.8. The van der Waals surface area contributed by atoms with Crippen LogP contribution in [0.1, 0.15) is 11.1 Å². The van der Waals surface area contributed by atoms with Gasteiger partial charge < -0.3 is 10.1 Å². The van der Waals surface area contributed by atoms with Gasteiger partial charge in [-0.2, -0.15) is 0 Å². The molecule has 0 amide bonds. The molecule has 0 saturated carbocycles. The van der Waals surface area contributed by atoms with Crippen molar-refractivity contribution in [3.05, 3.63) is 65.9 Å². The molecule has 140 valence electrons. The molecule has 0 fully saturated rings. The molecule has 0 saturated heterocycles. The fraction of sp³-hybridized carbons (Fsp3) is 0.158. The molecular weight excluding hydrogens is 366 g/mol. The number of benzene rings is 1. The quantitative estimate of drug-likeness (QED) is 0.587. The lowest BCUT2D eigenvalue weighted by atomic mass is 10.0. The summed E-state index contributed by atoms with van der Waals surface area (Å²) in [5.41, 5.74) is 2.57. The zero-order valence-corrected chi connectivity index (χ0v) is 14.6. The third kappa shape index (κ3) is 2.63. The molecular formula is C19H14F2N6O. The Kier molecular flexibility index (Phi) is 3.85. The molecule has 4 aromatic rings. The predicted octanol–water partition coefficient (Wildman–Crippen LogP) is 3.01. The van der Waals surface area contributed by atoms with Crippen LogP contribution in [0, 0.1) is 11.6 Å². The topological polar surface area (TPSA) is 77.2 Å². The first-order valence-corrected chi connectivity index (χ1v) is 8.68. The van der Waals surface area contributed by atoms with Gasteiger partial charge in [-0.1, -0.05) is 0 Å². The average molecular weight is 380 g/mol. The largest absolute Gasteiger partial charge is 0.493 e. The van der Waals surface area contributed by atoms with Crippen LogP contribution in [0.4, 0.5) is 14.7 Å². The van der Waals surface area contributed by atoms with E-state index < -0.39 is 5.82 Å². The van der Waals surface area contributed by atoms with E-state index in [1.807, 2.05) is 0 Å². The molecule has 28 heavy (non-hydrogen) atoms. The lowest BCUT2D eigenvalue weighted by Gasteiger charge is -2.12. The van der Waals surface area contributed by atoms with E-state index in [1.54, 1.807) is 10.5 Å². The maximum atomic E-state index is 14.3. The molecule has 1 N–H and O–H groups in total. The highest BCUT2D eigenvalue weighted by molar-refractivity contribution is 5.77. The number of rotatable bonds is 4. The highest BCUT2D eigenvalue weighted by Gasteiger charge is 2.20. The number of hydrogen-bond acceptors (Lipinski definition) is 6. The Bertz CT molecular complexity index is 1190. The Hall–Kier alpha value is -3.62. The summed E-state index contributed by atoms with van der Waals surface area (Å²) in [4.78, 5) is 8.32. The van der Waals surface area contributed by atoms with Crippen LogP contribution in [0.3, 0.4) is 0 Å². The Morgan fingerprint density at radius 2 is 2.04 bits per heavy atom. The monoisotopic (exact) mass is 380 g/mol. The van der Waals surface area contributed by atoms with Gasteiger partial charge in [-0.3, -0.25) is 9.38 Å². The highest BCUT2D eigenvalue weighted by Crippen LogP contribution is 2.31. The first-order chi connectivity index (χ1) is 13.7. The Balaban J connectivity index is 1.51. The molecule has 4 heterocycles. The van der Waals surface area contributed by atoms with Crippen LogP contribution in [0.5, 0.6) is 5.75 Å². The second kappa shape index (κ2) is 6.52. The van der Waals surface area contributed by atoms with Crippen LogP contribution in [-0.2, 0) is 13.0 Å². The van der Waals surface area contributed by atoms with E-state index in [0.717, 1.165) is 5.56 Å². The predicted molar refractivity (Wildman–Crippen MR) is 96.9 cm³/mol. The van der Waals surface area contributed by atoms with Gasteiger partial charge in [-0.15, -0.1) is 10.2 Å². The number of halogens is 2. The molecule has 1 aromatic carbocycles.